The molecule has 4 nitrogen and oxygen atoms in total. The largest absolute Gasteiger partial charge is 0.474 e. The summed E-state index contributed by atoms with van der Waals surface area (Å²) in [4.78, 5) is 9.84. The molecule has 19 heavy (non-hydrogen) atoms. The van der Waals surface area contributed by atoms with Crippen molar-refractivity contribution in [2.75, 3.05) is 13.2 Å². The standard InChI is InChI=1S/C13H15F2N3O/c14-13(15)11-6-17-12(7-16-11)19-8-10-4-3-9-2-1-5-18(9)10/h2,6-7,10,13H,1,3-5,8H2/t10-/m0/s1. The van der Waals surface area contributed by atoms with Crippen molar-refractivity contribution in [3.05, 3.63) is 29.9 Å². The van der Waals surface area contributed by atoms with Crippen molar-refractivity contribution in [1.29, 1.82) is 0 Å². The fourth-order valence-corrected chi connectivity index (χ4v) is 2.63. The Hall–Kier alpha value is -1.72. The maximum absolute atomic E-state index is 12.3. The van der Waals surface area contributed by atoms with Crippen molar-refractivity contribution in [3.8, 4) is 5.88 Å². The number of ether oxygens (including phenoxy) is 1. The van der Waals surface area contributed by atoms with Crippen molar-refractivity contribution in [1.82, 2.24) is 14.9 Å². The van der Waals surface area contributed by atoms with Gasteiger partial charge in [-0.3, -0.25) is 0 Å². The van der Waals surface area contributed by atoms with E-state index >= 15 is 0 Å². The topological polar surface area (TPSA) is 38.2 Å². The van der Waals surface area contributed by atoms with Gasteiger partial charge in [0.15, 0.2) is 0 Å². The summed E-state index contributed by atoms with van der Waals surface area (Å²) in [5.41, 5.74) is 1.09. The third-order valence-electron chi connectivity index (χ3n) is 3.59. The number of aromatic nitrogens is 2. The molecule has 6 heteroatoms. The van der Waals surface area contributed by atoms with Gasteiger partial charge in [0.25, 0.3) is 6.43 Å². The Balaban J connectivity index is 1.56. The molecule has 0 N–H and O–H groups in total. The lowest BCUT2D eigenvalue weighted by atomic mass is 10.2. The summed E-state index contributed by atoms with van der Waals surface area (Å²) in [5, 5.41) is 0. The Morgan fingerprint density at radius 2 is 2.26 bits per heavy atom. The van der Waals surface area contributed by atoms with Gasteiger partial charge in [0.2, 0.25) is 5.88 Å². The summed E-state index contributed by atoms with van der Waals surface area (Å²) in [6.07, 6.45) is 5.30. The summed E-state index contributed by atoms with van der Waals surface area (Å²) in [6, 6.07) is 0.366. The molecule has 0 aliphatic carbocycles. The third kappa shape index (κ3) is 2.52. The second kappa shape index (κ2) is 5.11. The predicted molar refractivity (Wildman–Crippen MR) is 64.9 cm³/mol. The van der Waals surface area contributed by atoms with Crippen molar-refractivity contribution >= 4 is 0 Å². The molecule has 3 heterocycles. The molecule has 102 valence electrons. The molecule has 3 rings (SSSR count). The van der Waals surface area contributed by atoms with Gasteiger partial charge in [-0.05, 0) is 19.3 Å². The molecule has 1 saturated heterocycles. The first kappa shape index (κ1) is 12.3. The minimum Gasteiger partial charge on any atom is -0.474 e. The van der Waals surface area contributed by atoms with E-state index < -0.39 is 6.43 Å². The van der Waals surface area contributed by atoms with Crippen LogP contribution in [0.25, 0.3) is 0 Å². The number of halogens is 2. The van der Waals surface area contributed by atoms with Crippen LogP contribution in [0, 0.1) is 0 Å². The van der Waals surface area contributed by atoms with E-state index in [0.29, 0.717) is 18.5 Å². The second-order valence-corrected chi connectivity index (χ2v) is 4.76. The number of nitrogens with zero attached hydrogens (tertiary/aromatic N) is 3. The van der Waals surface area contributed by atoms with E-state index in [-0.39, 0.29) is 5.69 Å². The zero-order valence-corrected chi connectivity index (χ0v) is 10.4. The highest BCUT2D eigenvalue weighted by Gasteiger charge is 2.30. The molecule has 0 radical (unpaired) electrons. The lowest BCUT2D eigenvalue weighted by Gasteiger charge is -2.23. The number of hydrogen-bond donors (Lipinski definition) is 0. The van der Waals surface area contributed by atoms with Crippen LogP contribution in [-0.2, 0) is 0 Å². The first-order chi connectivity index (χ1) is 9.24. The van der Waals surface area contributed by atoms with Gasteiger partial charge >= 0.3 is 0 Å². The van der Waals surface area contributed by atoms with E-state index in [0.717, 1.165) is 32.0 Å². The number of rotatable bonds is 4. The average molecular weight is 267 g/mol. The van der Waals surface area contributed by atoms with Gasteiger partial charge in [-0.25, -0.2) is 18.7 Å². The summed E-state index contributed by atoms with van der Waals surface area (Å²) < 4.78 is 30.2. The SMILES string of the molecule is FC(F)c1cnc(OC[C@@H]2CCC3=CCCN32)cn1. The number of alkyl halides is 2. The molecule has 2 aliphatic heterocycles. The van der Waals surface area contributed by atoms with Crippen LogP contribution in [-0.4, -0.2) is 34.1 Å². The molecule has 0 unspecified atom stereocenters. The maximum Gasteiger partial charge on any atom is 0.281 e. The molecule has 0 amide bonds. The predicted octanol–water partition coefficient (Wildman–Crippen LogP) is 2.55. The molecule has 0 bridgehead atoms. The van der Waals surface area contributed by atoms with E-state index in [1.165, 1.54) is 11.9 Å². The lowest BCUT2D eigenvalue weighted by molar-refractivity contribution is 0.144. The number of fused-ring (bicyclic) bond motifs is 1. The van der Waals surface area contributed by atoms with Gasteiger partial charge in [0.05, 0.1) is 18.4 Å². The highest BCUT2D eigenvalue weighted by atomic mass is 19.3. The Bertz CT molecular complexity index is 475. The van der Waals surface area contributed by atoms with Crippen LogP contribution >= 0.6 is 0 Å². The molecule has 1 fully saturated rings. The van der Waals surface area contributed by atoms with Crippen molar-refractivity contribution < 1.29 is 13.5 Å². The maximum atomic E-state index is 12.3. The average Bonchev–Trinajstić information content (AvgIpc) is 3.00. The highest BCUT2D eigenvalue weighted by Crippen LogP contribution is 2.32. The first-order valence-electron chi connectivity index (χ1n) is 6.42. The summed E-state index contributed by atoms with van der Waals surface area (Å²) in [5.74, 6) is 0.307. The van der Waals surface area contributed by atoms with Crippen LogP contribution in [0.1, 0.15) is 31.4 Å². The van der Waals surface area contributed by atoms with Crippen molar-refractivity contribution in [3.63, 3.8) is 0 Å². The van der Waals surface area contributed by atoms with E-state index in [1.54, 1.807) is 0 Å². The quantitative estimate of drug-likeness (QED) is 0.840. The van der Waals surface area contributed by atoms with Crippen LogP contribution in [0.2, 0.25) is 0 Å². The number of allylic oxidation sites excluding steroid dienone is 1. The number of hydrogen-bond acceptors (Lipinski definition) is 4. The third-order valence-corrected chi connectivity index (χ3v) is 3.59. The van der Waals surface area contributed by atoms with E-state index in [9.17, 15) is 8.78 Å². The van der Waals surface area contributed by atoms with Crippen molar-refractivity contribution in [2.45, 2.75) is 31.7 Å². The zero-order valence-electron chi connectivity index (χ0n) is 10.4. The Labute approximate surface area is 110 Å². The fraction of sp³-hybridized carbons (Fsp3) is 0.538. The normalized spacial score (nSPS) is 21.7. The Morgan fingerprint density at radius 3 is 3.00 bits per heavy atom. The van der Waals surface area contributed by atoms with Crippen LogP contribution in [0.4, 0.5) is 8.78 Å². The van der Waals surface area contributed by atoms with Crippen LogP contribution in [0.15, 0.2) is 24.2 Å². The van der Waals surface area contributed by atoms with Gasteiger partial charge in [-0.1, -0.05) is 6.08 Å². The molecule has 0 spiro atoms. The lowest BCUT2D eigenvalue weighted by Crippen LogP contribution is -2.31. The fourth-order valence-electron chi connectivity index (χ4n) is 2.63. The molecule has 1 aromatic rings. The highest BCUT2D eigenvalue weighted by molar-refractivity contribution is 5.15. The van der Waals surface area contributed by atoms with Crippen LogP contribution in [0.3, 0.4) is 0 Å². The molecule has 1 atom stereocenters. The Kier molecular flexibility index (Phi) is 3.31. The van der Waals surface area contributed by atoms with Gasteiger partial charge in [0, 0.05) is 12.2 Å². The van der Waals surface area contributed by atoms with Gasteiger partial charge in [-0.15, -0.1) is 0 Å². The summed E-state index contributed by atoms with van der Waals surface area (Å²) in [7, 11) is 0. The van der Waals surface area contributed by atoms with Gasteiger partial charge < -0.3 is 9.64 Å². The second-order valence-electron chi connectivity index (χ2n) is 4.76. The minimum atomic E-state index is -2.59. The van der Waals surface area contributed by atoms with E-state index in [4.69, 9.17) is 4.74 Å². The zero-order chi connectivity index (χ0) is 13.2. The Morgan fingerprint density at radius 1 is 1.37 bits per heavy atom. The van der Waals surface area contributed by atoms with E-state index in [1.807, 2.05) is 0 Å². The molecular weight excluding hydrogens is 252 g/mol. The smallest absolute Gasteiger partial charge is 0.281 e. The molecule has 0 aromatic carbocycles. The van der Waals surface area contributed by atoms with Crippen LogP contribution in [0.5, 0.6) is 5.88 Å². The summed E-state index contributed by atoms with van der Waals surface area (Å²) in [6.45, 7) is 1.58. The summed E-state index contributed by atoms with van der Waals surface area (Å²) >= 11 is 0. The minimum absolute atomic E-state index is 0.307. The van der Waals surface area contributed by atoms with Crippen LogP contribution < -0.4 is 4.74 Å². The molecule has 0 saturated carbocycles. The van der Waals surface area contributed by atoms with Crippen molar-refractivity contribution in [2.24, 2.45) is 0 Å². The molecular formula is C13H15F2N3O. The first-order valence-corrected chi connectivity index (χ1v) is 6.42. The van der Waals surface area contributed by atoms with E-state index in [2.05, 4.69) is 20.9 Å². The van der Waals surface area contributed by atoms with Gasteiger partial charge in [-0.2, -0.15) is 0 Å². The molecule has 2 aliphatic rings. The molecule has 1 aromatic heterocycles. The monoisotopic (exact) mass is 267 g/mol. The van der Waals surface area contributed by atoms with Gasteiger partial charge in [0.1, 0.15) is 12.3 Å².